The molecular weight excluding hydrogens is 272 g/mol. The van der Waals surface area contributed by atoms with Crippen molar-refractivity contribution in [2.24, 2.45) is 17.6 Å². The van der Waals surface area contributed by atoms with E-state index in [9.17, 15) is 9.59 Å². The number of nitrogens with one attached hydrogen (secondary N) is 1. The number of carboxylic acid groups (broad SMARTS) is 1. The molecular formula is C15H28N2O4. The molecule has 0 bridgehead atoms. The topological polar surface area (TPSA) is 102 Å². The van der Waals surface area contributed by atoms with Crippen molar-refractivity contribution in [3.05, 3.63) is 0 Å². The maximum absolute atomic E-state index is 11.7. The van der Waals surface area contributed by atoms with Gasteiger partial charge in [0.05, 0.1) is 0 Å². The number of hydrogen-bond donors (Lipinski definition) is 3. The third-order valence-corrected chi connectivity index (χ3v) is 3.90. The third kappa shape index (κ3) is 6.80. The fourth-order valence-corrected chi connectivity index (χ4v) is 2.88. The third-order valence-electron chi connectivity index (χ3n) is 3.90. The van der Waals surface area contributed by atoms with Gasteiger partial charge in [0.15, 0.2) is 0 Å². The van der Waals surface area contributed by atoms with Crippen molar-refractivity contribution in [3.8, 4) is 0 Å². The Morgan fingerprint density at radius 1 is 1.29 bits per heavy atom. The number of rotatable bonds is 5. The SMILES string of the molecule is CC(C)(C)OC(=O)NC1CCC(C(CN)CC(=O)O)CC1. The fourth-order valence-electron chi connectivity index (χ4n) is 2.88. The lowest BCUT2D eigenvalue weighted by Crippen LogP contribution is -2.42. The lowest BCUT2D eigenvalue weighted by Gasteiger charge is -2.33. The number of aliphatic carboxylic acids is 1. The fraction of sp³-hybridized carbons (Fsp3) is 0.867. The maximum atomic E-state index is 11.7. The second-order valence-electron chi connectivity index (χ2n) is 6.85. The molecule has 1 aliphatic carbocycles. The van der Waals surface area contributed by atoms with Crippen LogP contribution in [0.25, 0.3) is 0 Å². The molecule has 4 N–H and O–H groups in total. The van der Waals surface area contributed by atoms with Crippen LogP contribution in [-0.2, 0) is 9.53 Å². The number of carbonyl (C=O) groups excluding carboxylic acids is 1. The van der Waals surface area contributed by atoms with E-state index >= 15 is 0 Å². The lowest BCUT2D eigenvalue weighted by atomic mass is 9.77. The van der Waals surface area contributed by atoms with Gasteiger partial charge in [-0.05, 0) is 64.8 Å². The Morgan fingerprint density at radius 3 is 2.29 bits per heavy atom. The second-order valence-corrected chi connectivity index (χ2v) is 6.85. The van der Waals surface area contributed by atoms with Crippen molar-refractivity contribution in [3.63, 3.8) is 0 Å². The molecule has 0 aromatic rings. The summed E-state index contributed by atoms with van der Waals surface area (Å²) in [5, 5.41) is 11.8. The summed E-state index contributed by atoms with van der Waals surface area (Å²) in [7, 11) is 0. The van der Waals surface area contributed by atoms with Gasteiger partial charge in [0.2, 0.25) is 0 Å². The predicted octanol–water partition coefficient (Wildman–Crippen LogP) is 2.12. The van der Waals surface area contributed by atoms with Crippen LogP contribution in [0.2, 0.25) is 0 Å². The van der Waals surface area contributed by atoms with Crippen molar-refractivity contribution < 1.29 is 19.4 Å². The van der Waals surface area contributed by atoms with Crippen LogP contribution >= 0.6 is 0 Å². The number of alkyl carbamates (subject to hydrolysis) is 1. The molecule has 6 nitrogen and oxygen atoms in total. The molecule has 0 aromatic heterocycles. The Hall–Kier alpha value is -1.30. The zero-order valence-corrected chi connectivity index (χ0v) is 13.2. The van der Waals surface area contributed by atoms with Crippen molar-refractivity contribution in [2.75, 3.05) is 6.54 Å². The summed E-state index contributed by atoms with van der Waals surface area (Å²) in [5.41, 5.74) is 5.19. The van der Waals surface area contributed by atoms with Crippen molar-refractivity contribution in [1.82, 2.24) is 5.32 Å². The van der Waals surface area contributed by atoms with Crippen molar-refractivity contribution in [2.45, 2.75) is 64.5 Å². The van der Waals surface area contributed by atoms with E-state index in [0.717, 1.165) is 25.7 Å². The minimum Gasteiger partial charge on any atom is -0.481 e. The Bertz CT molecular complexity index is 357. The highest BCUT2D eigenvalue weighted by Gasteiger charge is 2.29. The molecule has 122 valence electrons. The standard InChI is InChI=1S/C15H28N2O4/c1-15(2,3)21-14(20)17-12-6-4-10(5-7-12)11(9-16)8-13(18)19/h10-12H,4-9,16H2,1-3H3,(H,17,20)(H,18,19). The van der Waals surface area contributed by atoms with Gasteiger partial charge in [-0.3, -0.25) is 4.79 Å². The highest BCUT2D eigenvalue weighted by molar-refractivity contribution is 5.68. The Morgan fingerprint density at radius 2 is 1.86 bits per heavy atom. The van der Waals surface area contributed by atoms with Gasteiger partial charge < -0.3 is 20.9 Å². The van der Waals surface area contributed by atoms with Crippen LogP contribution in [0.15, 0.2) is 0 Å². The Balaban J connectivity index is 2.38. The van der Waals surface area contributed by atoms with Crippen molar-refractivity contribution in [1.29, 1.82) is 0 Å². The molecule has 0 saturated heterocycles. The van der Waals surface area contributed by atoms with Gasteiger partial charge in [-0.25, -0.2) is 4.79 Å². The highest BCUT2D eigenvalue weighted by Crippen LogP contribution is 2.31. The first-order valence-corrected chi connectivity index (χ1v) is 7.62. The van der Waals surface area contributed by atoms with E-state index in [1.165, 1.54) is 0 Å². The first kappa shape index (κ1) is 17.8. The Labute approximate surface area is 126 Å². The molecule has 21 heavy (non-hydrogen) atoms. The van der Waals surface area contributed by atoms with Crippen LogP contribution in [0, 0.1) is 11.8 Å². The lowest BCUT2D eigenvalue weighted by molar-refractivity contribution is -0.138. The van der Waals surface area contributed by atoms with Crippen molar-refractivity contribution >= 4 is 12.1 Å². The summed E-state index contributed by atoms with van der Waals surface area (Å²) in [5.74, 6) is -0.424. The van der Waals surface area contributed by atoms with Gasteiger partial charge >= 0.3 is 12.1 Å². The first-order chi connectivity index (χ1) is 9.71. The average Bonchev–Trinajstić information content (AvgIpc) is 2.34. The number of nitrogens with two attached hydrogens (primary N) is 1. The molecule has 1 aliphatic rings. The quantitative estimate of drug-likeness (QED) is 0.722. The van der Waals surface area contributed by atoms with Crippen LogP contribution in [0.1, 0.15) is 52.9 Å². The van der Waals surface area contributed by atoms with E-state index in [1.807, 2.05) is 20.8 Å². The molecule has 1 rings (SSSR count). The molecule has 0 radical (unpaired) electrons. The van der Waals surface area contributed by atoms with Gasteiger partial charge in [0, 0.05) is 12.5 Å². The molecule has 0 heterocycles. The zero-order valence-electron chi connectivity index (χ0n) is 13.2. The molecule has 1 unspecified atom stereocenters. The van der Waals surface area contributed by atoms with E-state index in [1.54, 1.807) is 0 Å². The van der Waals surface area contributed by atoms with E-state index in [4.69, 9.17) is 15.6 Å². The van der Waals surface area contributed by atoms with Gasteiger partial charge in [-0.1, -0.05) is 0 Å². The summed E-state index contributed by atoms with van der Waals surface area (Å²) in [6, 6.07) is 0.111. The summed E-state index contributed by atoms with van der Waals surface area (Å²) in [6.07, 6.45) is 3.24. The summed E-state index contributed by atoms with van der Waals surface area (Å²) in [4.78, 5) is 22.5. The van der Waals surface area contributed by atoms with Crippen LogP contribution < -0.4 is 11.1 Å². The smallest absolute Gasteiger partial charge is 0.407 e. The molecule has 6 heteroatoms. The monoisotopic (exact) mass is 300 g/mol. The number of ether oxygens (including phenoxy) is 1. The Kier molecular flexibility index (Phi) is 6.45. The molecule has 1 saturated carbocycles. The van der Waals surface area contributed by atoms with Gasteiger partial charge in [0.1, 0.15) is 5.60 Å². The maximum Gasteiger partial charge on any atom is 0.407 e. The normalized spacial score (nSPS) is 24.2. The summed E-state index contributed by atoms with van der Waals surface area (Å²) >= 11 is 0. The summed E-state index contributed by atoms with van der Waals surface area (Å²) < 4.78 is 5.24. The molecule has 1 atom stereocenters. The van der Waals surface area contributed by atoms with Crippen LogP contribution in [0.4, 0.5) is 4.79 Å². The van der Waals surface area contributed by atoms with Crippen LogP contribution in [-0.4, -0.2) is 35.4 Å². The summed E-state index contributed by atoms with van der Waals surface area (Å²) in [6.45, 7) is 5.91. The largest absolute Gasteiger partial charge is 0.481 e. The predicted molar refractivity (Wildman–Crippen MR) is 79.9 cm³/mol. The van der Waals surface area contributed by atoms with Gasteiger partial charge in [-0.2, -0.15) is 0 Å². The van der Waals surface area contributed by atoms with Crippen LogP contribution in [0.3, 0.4) is 0 Å². The van der Waals surface area contributed by atoms with E-state index in [-0.39, 0.29) is 24.5 Å². The average molecular weight is 300 g/mol. The van der Waals surface area contributed by atoms with E-state index in [0.29, 0.717) is 12.5 Å². The van der Waals surface area contributed by atoms with Gasteiger partial charge in [0.25, 0.3) is 0 Å². The van der Waals surface area contributed by atoms with Crippen LogP contribution in [0.5, 0.6) is 0 Å². The minimum atomic E-state index is -0.792. The minimum absolute atomic E-state index is 0.0324. The van der Waals surface area contributed by atoms with E-state index < -0.39 is 11.6 Å². The number of hydrogen-bond acceptors (Lipinski definition) is 4. The number of carbonyl (C=O) groups is 2. The molecule has 0 aromatic carbocycles. The number of carboxylic acids is 1. The highest BCUT2D eigenvalue weighted by atomic mass is 16.6. The van der Waals surface area contributed by atoms with Gasteiger partial charge in [-0.15, -0.1) is 0 Å². The molecule has 0 aliphatic heterocycles. The molecule has 1 amide bonds. The zero-order chi connectivity index (χ0) is 16.0. The van der Waals surface area contributed by atoms with E-state index in [2.05, 4.69) is 5.32 Å². The molecule has 0 spiro atoms. The number of amides is 1. The molecule has 1 fully saturated rings. The first-order valence-electron chi connectivity index (χ1n) is 7.62. The second kappa shape index (κ2) is 7.64.